The van der Waals surface area contributed by atoms with Gasteiger partial charge in [-0.15, -0.1) is 0 Å². The van der Waals surface area contributed by atoms with Crippen molar-refractivity contribution in [3.63, 3.8) is 0 Å². The number of carbonyl (C=O) groups is 1. The van der Waals surface area contributed by atoms with Crippen LogP contribution in [0.3, 0.4) is 0 Å². The van der Waals surface area contributed by atoms with Crippen LogP contribution in [-0.4, -0.2) is 27.6 Å². The van der Waals surface area contributed by atoms with Crippen LogP contribution in [0.2, 0.25) is 0 Å². The molecule has 0 saturated heterocycles. The molecule has 0 aliphatic carbocycles. The summed E-state index contributed by atoms with van der Waals surface area (Å²) in [6, 6.07) is 7.55. The molecule has 0 aliphatic rings. The Labute approximate surface area is 110 Å². The molecule has 0 unspecified atom stereocenters. The first kappa shape index (κ1) is 12.8. The molecule has 2 aromatic rings. The number of benzene rings is 1. The molecule has 6 nitrogen and oxygen atoms in total. The smallest absolute Gasteiger partial charge is 0.322 e. The Morgan fingerprint density at radius 1 is 1.26 bits per heavy atom. The number of rotatable bonds is 5. The summed E-state index contributed by atoms with van der Waals surface area (Å²) in [4.78, 5) is 18.4. The Bertz CT molecular complexity index is 552. The minimum Gasteiger partial charge on any atom is -0.480 e. The maximum atomic E-state index is 10.4. The fourth-order valence-corrected chi connectivity index (χ4v) is 1.35. The van der Waals surface area contributed by atoms with E-state index in [0.717, 1.165) is 5.56 Å². The number of carboxylic acid groups (broad SMARTS) is 1. The number of nitrogens with zero attached hydrogens (tertiary/aromatic N) is 2. The van der Waals surface area contributed by atoms with Crippen LogP contribution in [0.1, 0.15) is 5.56 Å². The number of aromatic nitrogens is 2. The van der Waals surface area contributed by atoms with Crippen molar-refractivity contribution < 1.29 is 14.6 Å². The Kier molecular flexibility index (Phi) is 3.92. The highest BCUT2D eigenvalue weighted by Gasteiger charge is 2.01. The minimum atomic E-state index is -0.957. The Hall–Kier alpha value is -2.63. The highest BCUT2D eigenvalue weighted by atomic mass is 16.5. The van der Waals surface area contributed by atoms with E-state index in [2.05, 4.69) is 15.3 Å². The van der Waals surface area contributed by atoms with Crippen LogP contribution in [-0.2, 0) is 4.79 Å². The van der Waals surface area contributed by atoms with Gasteiger partial charge in [0.05, 0.1) is 12.4 Å². The molecule has 0 radical (unpaired) electrons. The molecular formula is C13H13N3O3. The number of carboxylic acids is 1. The molecule has 0 bridgehead atoms. The van der Waals surface area contributed by atoms with Gasteiger partial charge in [-0.2, -0.15) is 0 Å². The molecule has 2 N–H and O–H groups in total. The largest absolute Gasteiger partial charge is 0.480 e. The molecule has 0 amide bonds. The van der Waals surface area contributed by atoms with Crippen molar-refractivity contribution in [2.45, 2.75) is 6.92 Å². The van der Waals surface area contributed by atoms with Crippen molar-refractivity contribution in [2.24, 2.45) is 0 Å². The molecule has 0 fully saturated rings. The first-order valence-electron chi connectivity index (χ1n) is 5.66. The molecule has 1 aromatic carbocycles. The standard InChI is InChI=1S/C13H13N3O3/c1-9-2-4-10(5-3-9)19-12-7-14-11(6-16-12)15-8-13(17)18/h2-7H,8H2,1H3,(H,14,15)(H,17,18). The molecule has 19 heavy (non-hydrogen) atoms. The summed E-state index contributed by atoms with van der Waals surface area (Å²) in [5, 5.41) is 11.1. The summed E-state index contributed by atoms with van der Waals surface area (Å²) in [5.74, 6) is 0.455. The van der Waals surface area contributed by atoms with Crippen LogP contribution in [0.4, 0.5) is 5.82 Å². The van der Waals surface area contributed by atoms with Crippen molar-refractivity contribution in [3.05, 3.63) is 42.2 Å². The lowest BCUT2D eigenvalue weighted by molar-refractivity contribution is -0.134. The van der Waals surface area contributed by atoms with Crippen molar-refractivity contribution in [1.29, 1.82) is 0 Å². The summed E-state index contributed by atoms with van der Waals surface area (Å²) in [6.45, 7) is 1.79. The number of aryl methyl sites for hydroxylation is 1. The van der Waals surface area contributed by atoms with Crippen molar-refractivity contribution >= 4 is 11.8 Å². The number of ether oxygens (including phenoxy) is 1. The number of hydrogen-bond acceptors (Lipinski definition) is 5. The minimum absolute atomic E-state index is 0.202. The number of hydrogen-bond donors (Lipinski definition) is 2. The third-order valence-corrected chi connectivity index (χ3v) is 2.29. The zero-order chi connectivity index (χ0) is 13.7. The average Bonchev–Trinajstić information content (AvgIpc) is 2.40. The van der Waals surface area contributed by atoms with Crippen LogP contribution in [0.5, 0.6) is 11.6 Å². The molecule has 0 aliphatic heterocycles. The first-order valence-corrected chi connectivity index (χ1v) is 5.66. The van der Waals surface area contributed by atoms with E-state index < -0.39 is 5.97 Å². The van der Waals surface area contributed by atoms with E-state index in [1.165, 1.54) is 12.4 Å². The molecule has 98 valence electrons. The van der Waals surface area contributed by atoms with Crippen LogP contribution < -0.4 is 10.1 Å². The van der Waals surface area contributed by atoms with Crippen LogP contribution in [0.25, 0.3) is 0 Å². The monoisotopic (exact) mass is 259 g/mol. The van der Waals surface area contributed by atoms with Crippen LogP contribution in [0, 0.1) is 6.92 Å². The first-order chi connectivity index (χ1) is 9.13. The van der Waals surface area contributed by atoms with E-state index in [1.807, 2.05) is 31.2 Å². The predicted molar refractivity (Wildman–Crippen MR) is 69.4 cm³/mol. The summed E-state index contributed by atoms with van der Waals surface area (Å²) in [6.07, 6.45) is 2.86. The van der Waals surface area contributed by atoms with Gasteiger partial charge in [-0.05, 0) is 19.1 Å². The van der Waals surface area contributed by atoms with Gasteiger partial charge in [-0.1, -0.05) is 17.7 Å². The van der Waals surface area contributed by atoms with Crippen molar-refractivity contribution in [3.8, 4) is 11.6 Å². The number of nitrogens with one attached hydrogen (secondary N) is 1. The number of anilines is 1. The molecular weight excluding hydrogens is 246 g/mol. The normalized spacial score (nSPS) is 9.95. The van der Waals surface area contributed by atoms with Crippen LogP contribution >= 0.6 is 0 Å². The van der Waals surface area contributed by atoms with E-state index in [0.29, 0.717) is 17.4 Å². The summed E-state index contributed by atoms with van der Waals surface area (Å²) in [7, 11) is 0. The molecule has 1 aromatic heterocycles. The summed E-state index contributed by atoms with van der Waals surface area (Å²) < 4.78 is 5.50. The lowest BCUT2D eigenvalue weighted by Crippen LogP contribution is -2.13. The summed E-state index contributed by atoms with van der Waals surface area (Å²) in [5.41, 5.74) is 1.15. The zero-order valence-electron chi connectivity index (χ0n) is 10.3. The zero-order valence-corrected chi connectivity index (χ0v) is 10.3. The fourth-order valence-electron chi connectivity index (χ4n) is 1.35. The van der Waals surface area contributed by atoms with E-state index in [-0.39, 0.29) is 6.54 Å². The topological polar surface area (TPSA) is 84.3 Å². The highest BCUT2D eigenvalue weighted by molar-refractivity contribution is 5.72. The number of aliphatic carboxylic acids is 1. The van der Waals surface area contributed by atoms with Gasteiger partial charge in [-0.3, -0.25) is 4.79 Å². The van der Waals surface area contributed by atoms with E-state index in [4.69, 9.17) is 9.84 Å². The van der Waals surface area contributed by atoms with Gasteiger partial charge < -0.3 is 15.2 Å². The van der Waals surface area contributed by atoms with E-state index in [9.17, 15) is 4.79 Å². The third-order valence-electron chi connectivity index (χ3n) is 2.29. The van der Waals surface area contributed by atoms with Crippen molar-refractivity contribution in [1.82, 2.24) is 9.97 Å². The third kappa shape index (κ3) is 3.95. The van der Waals surface area contributed by atoms with Gasteiger partial charge in [0.15, 0.2) is 0 Å². The quantitative estimate of drug-likeness (QED) is 0.855. The van der Waals surface area contributed by atoms with Crippen molar-refractivity contribution in [2.75, 3.05) is 11.9 Å². The molecule has 1 heterocycles. The molecule has 2 rings (SSSR count). The predicted octanol–water partition coefficient (Wildman–Crippen LogP) is 2.07. The van der Waals surface area contributed by atoms with Gasteiger partial charge in [-0.25, -0.2) is 9.97 Å². The van der Waals surface area contributed by atoms with Gasteiger partial charge in [0.1, 0.15) is 18.1 Å². The summed E-state index contributed by atoms with van der Waals surface area (Å²) >= 11 is 0. The molecule has 6 heteroatoms. The molecule has 0 spiro atoms. The maximum Gasteiger partial charge on any atom is 0.322 e. The maximum absolute atomic E-state index is 10.4. The van der Waals surface area contributed by atoms with Gasteiger partial charge in [0.25, 0.3) is 0 Å². The van der Waals surface area contributed by atoms with E-state index >= 15 is 0 Å². The highest BCUT2D eigenvalue weighted by Crippen LogP contribution is 2.19. The Morgan fingerprint density at radius 3 is 2.58 bits per heavy atom. The average molecular weight is 259 g/mol. The lowest BCUT2D eigenvalue weighted by atomic mass is 10.2. The second-order valence-corrected chi connectivity index (χ2v) is 3.90. The fraction of sp³-hybridized carbons (Fsp3) is 0.154. The Balaban J connectivity index is 1.98. The molecule has 0 atom stereocenters. The van der Waals surface area contributed by atoms with E-state index in [1.54, 1.807) is 0 Å². The second-order valence-electron chi connectivity index (χ2n) is 3.90. The second kappa shape index (κ2) is 5.81. The van der Waals surface area contributed by atoms with Gasteiger partial charge in [0, 0.05) is 0 Å². The SMILES string of the molecule is Cc1ccc(Oc2cnc(NCC(=O)O)cn2)cc1. The molecule has 0 saturated carbocycles. The van der Waals surface area contributed by atoms with Gasteiger partial charge >= 0.3 is 5.97 Å². The van der Waals surface area contributed by atoms with Gasteiger partial charge in [0.2, 0.25) is 5.88 Å². The lowest BCUT2D eigenvalue weighted by Gasteiger charge is -2.06. The Morgan fingerprint density at radius 2 is 2.00 bits per heavy atom. The van der Waals surface area contributed by atoms with Crippen LogP contribution in [0.15, 0.2) is 36.7 Å².